The molecule has 1 aromatic heterocycles. The number of nitrogens with zero attached hydrogens (tertiary/aromatic N) is 2. The fourth-order valence-corrected chi connectivity index (χ4v) is 2.66. The highest BCUT2D eigenvalue weighted by Gasteiger charge is 2.13. The summed E-state index contributed by atoms with van der Waals surface area (Å²) in [5.74, 6) is 0.856. The fourth-order valence-electron chi connectivity index (χ4n) is 1.26. The number of alkyl halides is 1. The first-order valence-electron chi connectivity index (χ1n) is 5.06. The highest BCUT2D eigenvalue weighted by Crippen LogP contribution is 2.14. The Hall–Kier alpha value is -0.750. The summed E-state index contributed by atoms with van der Waals surface area (Å²) in [7, 11) is -3.32. The Balaban J connectivity index is 2.76. The van der Waals surface area contributed by atoms with Gasteiger partial charge in [-0.3, -0.25) is 4.72 Å². The van der Waals surface area contributed by atoms with E-state index in [0.717, 1.165) is 0 Å². The lowest BCUT2D eigenvalue weighted by atomic mass is 10.4. The molecule has 0 bridgehead atoms. The molecule has 1 aromatic rings. The largest absolute Gasteiger partial charge is 0.268 e. The molecule has 0 atom stereocenters. The fraction of sp³-hybridized carbons (Fsp3) is 0.667. The smallest absolute Gasteiger partial charge is 0.233 e. The van der Waals surface area contributed by atoms with E-state index in [1.165, 1.54) is 0 Å². The minimum atomic E-state index is -3.32. The Bertz CT molecular complexity index is 428. The molecule has 0 saturated heterocycles. The Kier molecular flexibility index (Phi) is 4.61. The van der Waals surface area contributed by atoms with Crippen molar-refractivity contribution >= 4 is 27.4 Å². The summed E-state index contributed by atoms with van der Waals surface area (Å²) in [4.78, 5) is 0. The second kappa shape index (κ2) is 5.54. The first kappa shape index (κ1) is 13.3. The van der Waals surface area contributed by atoms with Gasteiger partial charge in [0.2, 0.25) is 10.0 Å². The number of halogens is 1. The average Bonchev–Trinajstić information content (AvgIpc) is 2.62. The number of hydrogen-bond acceptors (Lipinski definition) is 3. The summed E-state index contributed by atoms with van der Waals surface area (Å²) in [6.07, 6.45) is 2.01. The molecule has 0 unspecified atom stereocenters. The van der Waals surface area contributed by atoms with Crippen molar-refractivity contribution in [3.63, 3.8) is 0 Å². The number of sulfonamides is 1. The maximum atomic E-state index is 11.6. The van der Waals surface area contributed by atoms with Crippen LogP contribution >= 0.6 is 11.6 Å². The molecule has 1 N–H and O–H groups in total. The molecule has 92 valence electrons. The van der Waals surface area contributed by atoms with Gasteiger partial charge in [0.1, 0.15) is 5.82 Å². The third-order valence-electron chi connectivity index (χ3n) is 1.97. The van der Waals surface area contributed by atoms with E-state index in [1.54, 1.807) is 16.9 Å². The van der Waals surface area contributed by atoms with Crippen molar-refractivity contribution in [3.05, 3.63) is 12.3 Å². The zero-order valence-corrected chi connectivity index (χ0v) is 10.9. The third-order valence-corrected chi connectivity index (χ3v) is 3.58. The molecule has 0 aliphatic heterocycles. The molecule has 5 nitrogen and oxygen atoms in total. The molecular formula is C9H16ClN3O2S. The van der Waals surface area contributed by atoms with E-state index >= 15 is 0 Å². The van der Waals surface area contributed by atoms with E-state index < -0.39 is 10.0 Å². The van der Waals surface area contributed by atoms with Gasteiger partial charge in [-0.2, -0.15) is 5.10 Å². The van der Waals surface area contributed by atoms with Crippen LogP contribution in [0.4, 0.5) is 5.82 Å². The number of nitrogens with one attached hydrogen (secondary N) is 1. The van der Waals surface area contributed by atoms with Crippen LogP contribution in [0.25, 0.3) is 0 Å². The number of rotatable bonds is 6. The minimum absolute atomic E-state index is 0.0276. The number of anilines is 1. The lowest BCUT2D eigenvalue weighted by molar-refractivity contribution is 0.539. The van der Waals surface area contributed by atoms with Gasteiger partial charge in [-0.05, 0) is 20.3 Å². The van der Waals surface area contributed by atoms with Crippen molar-refractivity contribution in [2.75, 3.05) is 16.4 Å². The van der Waals surface area contributed by atoms with Gasteiger partial charge >= 0.3 is 0 Å². The summed E-state index contributed by atoms with van der Waals surface area (Å²) in [5, 5.41) is 4.04. The maximum absolute atomic E-state index is 11.6. The van der Waals surface area contributed by atoms with Gasteiger partial charge in [0, 0.05) is 18.0 Å². The van der Waals surface area contributed by atoms with E-state index in [2.05, 4.69) is 9.82 Å². The van der Waals surface area contributed by atoms with Crippen LogP contribution in [-0.2, 0) is 10.0 Å². The highest BCUT2D eigenvalue weighted by atomic mass is 35.5. The highest BCUT2D eigenvalue weighted by molar-refractivity contribution is 7.92. The van der Waals surface area contributed by atoms with Crippen LogP contribution in [0.2, 0.25) is 0 Å². The zero-order chi connectivity index (χ0) is 12.2. The second-order valence-electron chi connectivity index (χ2n) is 3.72. The number of aromatic nitrogens is 2. The van der Waals surface area contributed by atoms with Crippen LogP contribution in [-0.4, -0.2) is 29.8 Å². The van der Waals surface area contributed by atoms with Gasteiger partial charge in [-0.1, -0.05) is 0 Å². The molecule has 0 amide bonds. The molecule has 0 saturated carbocycles. The molecule has 1 heterocycles. The quantitative estimate of drug-likeness (QED) is 0.798. The minimum Gasteiger partial charge on any atom is -0.268 e. The van der Waals surface area contributed by atoms with Crippen LogP contribution < -0.4 is 4.72 Å². The molecule has 0 aliphatic rings. The molecule has 0 aliphatic carbocycles. The standard InChI is InChI=1S/C9H16ClN3O2S/c1-8(2)13-9(4-6-11-13)12-16(14,15)7-3-5-10/h4,6,8,12H,3,5,7H2,1-2H3. The van der Waals surface area contributed by atoms with Crippen LogP contribution in [0.15, 0.2) is 12.3 Å². The van der Waals surface area contributed by atoms with Crippen molar-refractivity contribution in [2.45, 2.75) is 26.3 Å². The molecule has 16 heavy (non-hydrogen) atoms. The predicted octanol–water partition coefficient (Wildman–Crippen LogP) is 1.83. The molecule has 7 heteroatoms. The Morgan fingerprint density at radius 2 is 2.25 bits per heavy atom. The van der Waals surface area contributed by atoms with Gasteiger partial charge in [0.05, 0.1) is 11.9 Å². The topological polar surface area (TPSA) is 64.0 Å². The van der Waals surface area contributed by atoms with Crippen LogP contribution in [0.5, 0.6) is 0 Å². The Morgan fingerprint density at radius 3 is 2.81 bits per heavy atom. The third kappa shape index (κ3) is 3.68. The van der Waals surface area contributed by atoms with E-state index in [4.69, 9.17) is 11.6 Å². The van der Waals surface area contributed by atoms with Crippen LogP contribution in [0, 0.1) is 0 Å². The van der Waals surface area contributed by atoms with Crippen molar-refractivity contribution in [1.82, 2.24) is 9.78 Å². The zero-order valence-electron chi connectivity index (χ0n) is 9.35. The Labute approximate surface area is 101 Å². The molecule has 0 radical (unpaired) electrons. The first-order chi connectivity index (χ1) is 7.46. The van der Waals surface area contributed by atoms with Crippen molar-refractivity contribution < 1.29 is 8.42 Å². The molecule has 0 spiro atoms. The van der Waals surface area contributed by atoms with E-state index in [-0.39, 0.29) is 11.8 Å². The van der Waals surface area contributed by atoms with E-state index in [9.17, 15) is 8.42 Å². The van der Waals surface area contributed by atoms with Gasteiger partial charge < -0.3 is 0 Å². The predicted molar refractivity (Wildman–Crippen MR) is 65.4 cm³/mol. The van der Waals surface area contributed by atoms with E-state index in [1.807, 2.05) is 13.8 Å². The van der Waals surface area contributed by atoms with Gasteiger partial charge in [0.25, 0.3) is 0 Å². The molecule has 0 fully saturated rings. The molecular weight excluding hydrogens is 250 g/mol. The summed E-state index contributed by atoms with van der Waals surface area (Å²) in [5.41, 5.74) is 0. The lowest BCUT2D eigenvalue weighted by Crippen LogP contribution is -2.20. The second-order valence-corrected chi connectivity index (χ2v) is 5.94. The summed E-state index contributed by atoms with van der Waals surface area (Å²) in [6, 6.07) is 1.75. The maximum Gasteiger partial charge on any atom is 0.233 e. The van der Waals surface area contributed by atoms with Gasteiger partial charge in [0.15, 0.2) is 0 Å². The normalized spacial score (nSPS) is 12.0. The molecule has 0 aromatic carbocycles. The number of hydrogen-bond donors (Lipinski definition) is 1. The summed E-state index contributed by atoms with van der Waals surface area (Å²) in [6.45, 7) is 3.87. The van der Waals surface area contributed by atoms with Crippen LogP contribution in [0.1, 0.15) is 26.3 Å². The van der Waals surface area contributed by atoms with Crippen molar-refractivity contribution in [2.24, 2.45) is 0 Å². The summed E-state index contributed by atoms with van der Waals surface area (Å²) >= 11 is 5.46. The Morgan fingerprint density at radius 1 is 1.56 bits per heavy atom. The SMILES string of the molecule is CC(C)n1nccc1NS(=O)(=O)CCCCl. The monoisotopic (exact) mass is 265 g/mol. The van der Waals surface area contributed by atoms with Gasteiger partial charge in [-0.25, -0.2) is 13.1 Å². The lowest BCUT2D eigenvalue weighted by Gasteiger charge is -2.12. The average molecular weight is 266 g/mol. The van der Waals surface area contributed by atoms with Crippen molar-refractivity contribution in [1.29, 1.82) is 0 Å². The van der Waals surface area contributed by atoms with Crippen molar-refractivity contribution in [3.8, 4) is 0 Å². The summed E-state index contributed by atoms with van der Waals surface area (Å²) < 4.78 is 27.4. The van der Waals surface area contributed by atoms with Gasteiger partial charge in [-0.15, -0.1) is 11.6 Å². The van der Waals surface area contributed by atoms with Crippen LogP contribution in [0.3, 0.4) is 0 Å². The first-order valence-corrected chi connectivity index (χ1v) is 7.25. The molecule has 1 rings (SSSR count). The van der Waals surface area contributed by atoms with E-state index in [0.29, 0.717) is 18.1 Å².